The Kier molecular flexibility index (Phi) is 3.57. The number of aromatic amines is 1. The standard InChI is InChI=1S/C14H10FN3O2S/c15-10-4-3-7-13(18(19)20)9(10)8-21-14-16-11-5-1-2-6-12(11)17-14/h1-7H,8H2,(H,16,17). The van der Waals surface area contributed by atoms with Gasteiger partial charge in [-0.1, -0.05) is 30.0 Å². The van der Waals surface area contributed by atoms with Crippen molar-refractivity contribution in [2.24, 2.45) is 0 Å². The number of H-pyrrole nitrogens is 1. The minimum absolute atomic E-state index is 0.0768. The number of nitrogens with zero attached hydrogens (tertiary/aromatic N) is 2. The molecule has 7 heteroatoms. The summed E-state index contributed by atoms with van der Waals surface area (Å²) < 4.78 is 13.8. The Morgan fingerprint density at radius 1 is 1.24 bits per heavy atom. The number of para-hydroxylation sites is 2. The fourth-order valence-electron chi connectivity index (χ4n) is 2.00. The van der Waals surface area contributed by atoms with Gasteiger partial charge in [-0.25, -0.2) is 9.37 Å². The van der Waals surface area contributed by atoms with Crippen LogP contribution in [-0.2, 0) is 5.75 Å². The van der Waals surface area contributed by atoms with E-state index in [1.807, 2.05) is 24.3 Å². The molecule has 21 heavy (non-hydrogen) atoms. The first-order valence-electron chi connectivity index (χ1n) is 6.14. The number of thioether (sulfide) groups is 1. The molecule has 0 fully saturated rings. The third-order valence-corrected chi connectivity index (χ3v) is 3.91. The first kappa shape index (κ1) is 13.6. The summed E-state index contributed by atoms with van der Waals surface area (Å²) in [6.07, 6.45) is 0. The van der Waals surface area contributed by atoms with Crippen molar-refractivity contribution in [3.05, 3.63) is 64.0 Å². The van der Waals surface area contributed by atoms with Crippen LogP contribution in [-0.4, -0.2) is 14.9 Å². The molecule has 2 aromatic carbocycles. The van der Waals surface area contributed by atoms with Gasteiger partial charge in [0.05, 0.1) is 21.5 Å². The lowest BCUT2D eigenvalue weighted by Gasteiger charge is -2.02. The Morgan fingerprint density at radius 3 is 2.81 bits per heavy atom. The molecular formula is C14H10FN3O2S. The lowest BCUT2D eigenvalue weighted by Crippen LogP contribution is -1.97. The predicted molar refractivity (Wildman–Crippen MR) is 78.7 cm³/mol. The SMILES string of the molecule is O=[N+]([O-])c1cccc(F)c1CSc1nc2ccccc2[nH]1. The molecule has 0 aliphatic carbocycles. The van der Waals surface area contributed by atoms with E-state index in [2.05, 4.69) is 9.97 Å². The van der Waals surface area contributed by atoms with E-state index in [4.69, 9.17) is 0 Å². The Bertz CT molecular complexity index is 786. The minimum Gasteiger partial charge on any atom is -0.333 e. The number of nitro benzene ring substituents is 1. The number of hydrogen-bond donors (Lipinski definition) is 1. The van der Waals surface area contributed by atoms with Crippen LogP contribution in [0.15, 0.2) is 47.6 Å². The number of nitro groups is 1. The van der Waals surface area contributed by atoms with Gasteiger partial charge in [-0.15, -0.1) is 0 Å². The molecule has 0 amide bonds. The third-order valence-electron chi connectivity index (χ3n) is 3.01. The summed E-state index contributed by atoms with van der Waals surface area (Å²) in [6, 6.07) is 11.4. The van der Waals surface area contributed by atoms with Crippen molar-refractivity contribution >= 4 is 28.5 Å². The second kappa shape index (κ2) is 5.53. The number of hydrogen-bond acceptors (Lipinski definition) is 4. The highest BCUT2D eigenvalue weighted by Crippen LogP contribution is 2.29. The van der Waals surface area contributed by atoms with E-state index >= 15 is 0 Å². The molecule has 0 spiro atoms. The van der Waals surface area contributed by atoms with Crippen molar-refractivity contribution < 1.29 is 9.31 Å². The summed E-state index contributed by atoms with van der Waals surface area (Å²) in [4.78, 5) is 17.8. The van der Waals surface area contributed by atoms with E-state index in [-0.39, 0.29) is 17.0 Å². The zero-order valence-electron chi connectivity index (χ0n) is 10.7. The average molecular weight is 303 g/mol. The van der Waals surface area contributed by atoms with Crippen LogP contribution in [0, 0.1) is 15.9 Å². The molecule has 3 aromatic rings. The second-order valence-corrected chi connectivity index (χ2v) is 5.31. The number of nitrogens with one attached hydrogen (secondary N) is 1. The normalized spacial score (nSPS) is 10.9. The van der Waals surface area contributed by atoms with E-state index in [0.717, 1.165) is 11.0 Å². The highest BCUT2D eigenvalue weighted by atomic mass is 32.2. The molecule has 0 aliphatic heterocycles. The number of halogens is 1. The topological polar surface area (TPSA) is 71.8 Å². The van der Waals surface area contributed by atoms with Crippen LogP contribution < -0.4 is 0 Å². The van der Waals surface area contributed by atoms with Gasteiger partial charge < -0.3 is 4.98 Å². The molecule has 0 saturated carbocycles. The van der Waals surface area contributed by atoms with Gasteiger partial charge >= 0.3 is 0 Å². The van der Waals surface area contributed by atoms with E-state index in [0.29, 0.717) is 5.16 Å². The fourth-order valence-corrected chi connectivity index (χ4v) is 2.91. The molecule has 1 N–H and O–H groups in total. The fraction of sp³-hybridized carbons (Fsp3) is 0.0714. The highest BCUT2D eigenvalue weighted by Gasteiger charge is 2.18. The summed E-state index contributed by atoms with van der Waals surface area (Å²) >= 11 is 1.23. The number of benzene rings is 2. The van der Waals surface area contributed by atoms with Gasteiger partial charge in [0, 0.05) is 11.8 Å². The zero-order chi connectivity index (χ0) is 14.8. The first-order valence-corrected chi connectivity index (χ1v) is 7.13. The summed E-state index contributed by atoms with van der Waals surface area (Å²) in [7, 11) is 0. The molecule has 1 aromatic heterocycles. The summed E-state index contributed by atoms with van der Waals surface area (Å²) in [5.41, 5.74) is 1.55. The molecule has 0 atom stereocenters. The molecule has 0 radical (unpaired) electrons. The van der Waals surface area contributed by atoms with Crippen LogP contribution in [0.1, 0.15) is 5.56 Å². The molecule has 0 saturated heterocycles. The zero-order valence-corrected chi connectivity index (χ0v) is 11.6. The molecule has 0 aliphatic rings. The second-order valence-electron chi connectivity index (χ2n) is 4.34. The van der Waals surface area contributed by atoms with Gasteiger partial charge in [-0.2, -0.15) is 0 Å². The van der Waals surface area contributed by atoms with Gasteiger partial charge in [0.2, 0.25) is 0 Å². The maximum atomic E-state index is 13.8. The van der Waals surface area contributed by atoms with Crippen LogP contribution in [0.2, 0.25) is 0 Å². The minimum atomic E-state index is -0.576. The van der Waals surface area contributed by atoms with Gasteiger partial charge in [0.15, 0.2) is 5.16 Å². The molecule has 0 unspecified atom stereocenters. The average Bonchev–Trinajstić information content (AvgIpc) is 2.88. The van der Waals surface area contributed by atoms with Crippen molar-refractivity contribution in [1.29, 1.82) is 0 Å². The Morgan fingerprint density at radius 2 is 2.05 bits per heavy atom. The first-order chi connectivity index (χ1) is 10.1. The lowest BCUT2D eigenvalue weighted by molar-refractivity contribution is -0.385. The van der Waals surface area contributed by atoms with Crippen LogP contribution in [0.4, 0.5) is 10.1 Å². The maximum absolute atomic E-state index is 13.8. The Balaban J connectivity index is 1.86. The quantitative estimate of drug-likeness (QED) is 0.451. The predicted octanol–water partition coefficient (Wildman–Crippen LogP) is 3.90. The van der Waals surface area contributed by atoms with Crippen molar-refractivity contribution in [2.45, 2.75) is 10.9 Å². The van der Waals surface area contributed by atoms with Gasteiger partial charge in [0.1, 0.15) is 5.82 Å². The van der Waals surface area contributed by atoms with Gasteiger partial charge in [-0.05, 0) is 18.2 Å². The number of imidazole rings is 1. The van der Waals surface area contributed by atoms with E-state index in [1.54, 1.807) is 0 Å². The highest BCUT2D eigenvalue weighted by molar-refractivity contribution is 7.98. The summed E-state index contributed by atoms with van der Waals surface area (Å²) in [6.45, 7) is 0. The third kappa shape index (κ3) is 2.73. The Hall–Kier alpha value is -2.41. The van der Waals surface area contributed by atoms with Crippen molar-refractivity contribution in [3.8, 4) is 0 Å². The maximum Gasteiger partial charge on any atom is 0.276 e. The molecule has 3 rings (SSSR count). The van der Waals surface area contributed by atoms with Crippen LogP contribution in [0.5, 0.6) is 0 Å². The van der Waals surface area contributed by atoms with Crippen LogP contribution in [0.3, 0.4) is 0 Å². The number of rotatable bonds is 4. The summed E-state index contributed by atoms with van der Waals surface area (Å²) in [5, 5.41) is 11.5. The smallest absolute Gasteiger partial charge is 0.276 e. The molecule has 106 valence electrons. The van der Waals surface area contributed by atoms with Gasteiger partial charge in [-0.3, -0.25) is 10.1 Å². The van der Waals surface area contributed by atoms with E-state index in [9.17, 15) is 14.5 Å². The Labute approximate surface area is 123 Å². The number of aromatic nitrogens is 2. The monoisotopic (exact) mass is 303 g/mol. The van der Waals surface area contributed by atoms with E-state index < -0.39 is 10.7 Å². The lowest BCUT2D eigenvalue weighted by atomic mass is 10.2. The van der Waals surface area contributed by atoms with Gasteiger partial charge in [0.25, 0.3) is 5.69 Å². The molecule has 5 nitrogen and oxygen atoms in total. The molecule has 0 bridgehead atoms. The molecular weight excluding hydrogens is 293 g/mol. The number of fused-ring (bicyclic) bond motifs is 1. The van der Waals surface area contributed by atoms with Crippen molar-refractivity contribution in [2.75, 3.05) is 0 Å². The van der Waals surface area contributed by atoms with Crippen LogP contribution in [0.25, 0.3) is 11.0 Å². The van der Waals surface area contributed by atoms with Crippen LogP contribution >= 0.6 is 11.8 Å². The van der Waals surface area contributed by atoms with Crippen molar-refractivity contribution in [1.82, 2.24) is 9.97 Å². The van der Waals surface area contributed by atoms with E-state index in [1.165, 1.54) is 30.0 Å². The largest absolute Gasteiger partial charge is 0.333 e. The molecule has 1 heterocycles. The summed E-state index contributed by atoms with van der Waals surface area (Å²) in [5.74, 6) is -0.434. The van der Waals surface area contributed by atoms with Crippen molar-refractivity contribution in [3.63, 3.8) is 0 Å².